The molecule has 1 unspecified atom stereocenters. The second-order valence-electron chi connectivity index (χ2n) is 2.84. The predicted octanol–water partition coefficient (Wildman–Crippen LogP) is 0.621. The number of rotatable bonds is 1. The maximum atomic E-state index is 11.2. The van der Waals surface area contributed by atoms with Crippen LogP contribution in [0.5, 0.6) is 0 Å². The lowest BCUT2D eigenvalue weighted by molar-refractivity contribution is 0.110. The number of nitrogens with zero attached hydrogens (tertiary/aromatic N) is 1. The van der Waals surface area contributed by atoms with Gasteiger partial charge in [0.1, 0.15) is 0 Å². The lowest BCUT2D eigenvalue weighted by Crippen LogP contribution is -2.15. The number of H-pyrrole nitrogens is 1. The summed E-state index contributed by atoms with van der Waals surface area (Å²) in [6.45, 7) is 0.749. The van der Waals surface area contributed by atoms with Gasteiger partial charge in [-0.25, -0.2) is 4.98 Å². The fourth-order valence-corrected chi connectivity index (χ4v) is 1.41. The molecule has 2 heterocycles. The van der Waals surface area contributed by atoms with Gasteiger partial charge in [-0.1, -0.05) is 0 Å². The van der Waals surface area contributed by atoms with Crippen LogP contribution in [0.3, 0.4) is 0 Å². The highest BCUT2D eigenvalue weighted by molar-refractivity contribution is 5.08. The zero-order valence-corrected chi connectivity index (χ0v) is 6.62. The van der Waals surface area contributed by atoms with Crippen molar-refractivity contribution < 1.29 is 4.74 Å². The monoisotopic (exact) mass is 166 g/mol. The van der Waals surface area contributed by atoms with Crippen LogP contribution in [0.15, 0.2) is 17.3 Å². The standard InChI is InChI=1S/C8H10N2O2/c11-8-6(4-9-5-10-8)7-2-1-3-12-7/h4-5,7H,1-3H2,(H,9,10,11). The van der Waals surface area contributed by atoms with Gasteiger partial charge in [0, 0.05) is 12.8 Å². The van der Waals surface area contributed by atoms with Crippen molar-refractivity contribution in [3.63, 3.8) is 0 Å². The number of nitrogens with one attached hydrogen (secondary N) is 1. The smallest absolute Gasteiger partial charge is 0.256 e. The highest BCUT2D eigenvalue weighted by Crippen LogP contribution is 2.24. The molecule has 0 aliphatic carbocycles. The Labute approximate surface area is 69.6 Å². The van der Waals surface area contributed by atoms with Gasteiger partial charge in [-0.05, 0) is 12.8 Å². The first-order chi connectivity index (χ1) is 5.88. The van der Waals surface area contributed by atoms with Crippen molar-refractivity contribution in [1.29, 1.82) is 0 Å². The van der Waals surface area contributed by atoms with E-state index in [1.54, 1.807) is 6.20 Å². The van der Waals surface area contributed by atoms with Crippen molar-refractivity contribution in [2.45, 2.75) is 18.9 Å². The minimum absolute atomic E-state index is 0.0394. The molecule has 0 spiro atoms. The minimum Gasteiger partial charge on any atom is -0.373 e. The molecule has 4 heteroatoms. The minimum atomic E-state index is -0.0862. The summed E-state index contributed by atoms with van der Waals surface area (Å²) in [6, 6.07) is 0. The number of ether oxygens (including phenoxy) is 1. The van der Waals surface area contributed by atoms with E-state index < -0.39 is 0 Å². The first kappa shape index (κ1) is 7.49. The average Bonchev–Trinajstić information content (AvgIpc) is 2.57. The van der Waals surface area contributed by atoms with Gasteiger partial charge in [0.15, 0.2) is 0 Å². The largest absolute Gasteiger partial charge is 0.373 e. The van der Waals surface area contributed by atoms with Crippen LogP contribution in [-0.2, 0) is 4.74 Å². The summed E-state index contributed by atoms with van der Waals surface area (Å²) in [5, 5.41) is 0. The molecule has 1 N–H and O–H groups in total. The van der Waals surface area contributed by atoms with E-state index in [0.717, 1.165) is 19.4 Å². The van der Waals surface area contributed by atoms with Crippen LogP contribution in [0.2, 0.25) is 0 Å². The summed E-state index contributed by atoms with van der Waals surface area (Å²) in [5.41, 5.74) is 0.562. The van der Waals surface area contributed by atoms with Crippen LogP contribution in [0.1, 0.15) is 24.5 Å². The third-order valence-electron chi connectivity index (χ3n) is 2.02. The summed E-state index contributed by atoms with van der Waals surface area (Å²) in [5.74, 6) is 0. The van der Waals surface area contributed by atoms with Crippen LogP contribution in [-0.4, -0.2) is 16.6 Å². The summed E-state index contributed by atoms with van der Waals surface area (Å²) < 4.78 is 5.36. The van der Waals surface area contributed by atoms with Gasteiger partial charge < -0.3 is 9.72 Å². The lowest BCUT2D eigenvalue weighted by Gasteiger charge is -2.06. The molecule has 4 nitrogen and oxygen atoms in total. The van der Waals surface area contributed by atoms with E-state index in [4.69, 9.17) is 4.74 Å². The zero-order valence-electron chi connectivity index (χ0n) is 6.62. The molecular weight excluding hydrogens is 156 g/mol. The second-order valence-corrected chi connectivity index (χ2v) is 2.84. The third-order valence-corrected chi connectivity index (χ3v) is 2.02. The van der Waals surface area contributed by atoms with Gasteiger partial charge in [-0.2, -0.15) is 0 Å². The van der Waals surface area contributed by atoms with Crippen molar-refractivity contribution in [2.75, 3.05) is 6.61 Å². The van der Waals surface area contributed by atoms with Crippen LogP contribution in [0.4, 0.5) is 0 Å². The number of aromatic amines is 1. The summed E-state index contributed by atoms with van der Waals surface area (Å²) in [6.07, 6.45) is 4.88. The summed E-state index contributed by atoms with van der Waals surface area (Å²) >= 11 is 0. The second kappa shape index (κ2) is 3.06. The maximum Gasteiger partial charge on any atom is 0.256 e. The van der Waals surface area contributed by atoms with Crippen LogP contribution >= 0.6 is 0 Å². The van der Waals surface area contributed by atoms with Gasteiger partial charge in [0.2, 0.25) is 0 Å². The molecule has 2 rings (SSSR count). The van der Waals surface area contributed by atoms with Crippen LogP contribution < -0.4 is 5.56 Å². The van der Waals surface area contributed by atoms with Gasteiger partial charge in [-0.15, -0.1) is 0 Å². The molecule has 64 valence electrons. The fourth-order valence-electron chi connectivity index (χ4n) is 1.41. The molecule has 0 bridgehead atoms. The summed E-state index contributed by atoms with van der Waals surface area (Å²) in [4.78, 5) is 17.6. The van der Waals surface area contributed by atoms with Crippen LogP contribution in [0, 0.1) is 0 Å². The van der Waals surface area contributed by atoms with Crippen LogP contribution in [0.25, 0.3) is 0 Å². The Morgan fingerprint density at radius 3 is 3.25 bits per heavy atom. The van der Waals surface area contributed by atoms with Gasteiger partial charge in [0.25, 0.3) is 5.56 Å². The molecule has 1 aliphatic heterocycles. The van der Waals surface area contributed by atoms with Crippen molar-refractivity contribution in [2.24, 2.45) is 0 Å². The molecule has 0 aromatic carbocycles. The molecule has 1 fully saturated rings. The molecule has 1 atom stereocenters. The van der Waals surface area contributed by atoms with Gasteiger partial charge >= 0.3 is 0 Å². The Morgan fingerprint density at radius 2 is 2.58 bits per heavy atom. The predicted molar refractivity (Wildman–Crippen MR) is 42.8 cm³/mol. The quantitative estimate of drug-likeness (QED) is 0.665. The Kier molecular flexibility index (Phi) is 1.91. The number of aromatic nitrogens is 2. The topological polar surface area (TPSA) is 55.0 Å². The third kappa shape index (κ3) is 1.25. The Bertz CT molecular complexity index is 315. The molecule has 12 heavy (non-hydrogen) atoms. The molecule has 1 aliphatic rings. The Morgan fingerprint density at radius 1 is 1.67 bits per heavy atom. The number of hydrogen-bond acceptors (Lipinski definition) is 3. The molecule has 1 saturated heterocycles. The van der Waals surface area contributed by atoms with Gasteiger partial charge in [0.05, 0.1) is 18.0 Å². The maximum absolute atomic E-state index is 11.2. The molecule has 0 amide bonds. The molecule has 1 aromatic rings. The average molecular weight is 166 g/mol. The molecule has 1 aromatic heterocycles. The fraction of sp³-hybridized carbons (Fsp3) is 0.500. The van der Waals surface area contributed by atoms with Crippen molar-refractivity contribution in [3.05, 3.63) is 28.4 Å². The first-order valence-electron chi connectivity index (χ1n) is 4.02. The molecular formula is C8H10N2O2. The van der Waals surface area contributed by atoms with Gasteiger partial charge in [-0.3, -0.25) is 4.79 Å². The van der Waals surface area contributed by atoms with E-state index in [9.17, 15) is 4.79 Å². The lowest BCUT2D eigenvalue weighted by atomic mass is 10.1. The SMILES string of the molecule is O=c1[nH]cncc1C1CCCO1. The Balaban J connectivity index is 2.32. The Hall–Kier alpha value is -1.16. The van der Waals surface area contributed by atoms with E-state index in [-0.39, 0.29) is 11.7 Å². The van der Waals surface area contributed by atoms with Crippen molar-refractivity contribution >= 4 is 0 Å². The van der Waals surface area contributed by atoms with E-state index in [0.29, 0.717) is 5.56 Å². The highest BCUT2D eigenvalue weighted by Gasteiger charge is 2.20. The zero-order chi connectivity index (χ0) is 8.39. The van der Waals surface area contributed by atoms with E-state index in [1.165, 1.54) is 6.33 Å². The first-order valence-corrected chi connectivity index (χ1v) is 4.02. The molecule has 0 radical (unpaired) electrons. The van der Waals surface area contributed by atoms with Crippen molar-refractivity contribution in [3.8, 4) is 0 Å². The normalized spacial score (nSPS) is 22.8. The number of hydrogen-bond donors (Lipinski definition) is 1. The van der Waals surface area contributed by atoms with E-state index in [1.807, 2.05) is 0 Å². The van der Waals surface area contributed by atoms with Crippen molar-refractivity contribution in [1.82, 2.24) is 9.97 Å². The summed E-state index contributed by atoms with van der Waals surface area (Å²) in [7, 11) is 0. The van der Waals surface area contributed by atoms with E-state index >= 15 is 0 Å². The molecule has 0 saturated carbocycles. The highest BCUT2D eigenvalue weighted by atomic mass is 16.5. The van der Waals surface area contributed by atoms with E-state index in [2.05, 4.69) is 9.97 Å².